The molecule has 1 rings (SSSR count). The van der Waals surface area contributed by atoms with Gasteiger partial charge in [-0.25, -0.2) is 0 Å². The molecule has 0 aliphatic carbocycles. The molecule has 0 heterocycles. The third-order valence-electron chi connectivity index (χ3n) is 2.41. The fourth-order valence-electron chi connectivity index (χ4n) is 1.53. The van der Waals surface area contributed by atoms with E-state index in [9.17, 15) is 5.11 Å². The Balaban J connectivity index is 2.42. The van der Waals surface area contributed by atoms with Gasteiger partial charge in [0.2, 0.25) is 0 Å². The van der Waals surface area contributed by atoms with Crippen LogP contribution in [-0.4, -0.2) is 5.11 Å². The van der Waals surface area contributed by atoms with Crippen LogP contribution in [0, 0.1) is 0 Å². The third kappa shape index (κ3) is 3.29. The average molecular weight is 193 g/mol. The molecule has 0 saturated heterocycles. The molecular formula is C12H19NO. The van der Waals surface area contributed by atoms with Crippen molar-refractivity contribution in [1.29, 1.82) is 0 Å². The number of unbranched alkanes of at least 4 members (excludes halogenated alkanes) is 3. The van der Waals surface area contributed by atoms with Gasteiger partial charge in [0.15, 0.2) is 0 Å². The fraction of sp³-hybridized carbons (Fsp3) is 0.500. The van der Waals surface area contributed by atoms with Crippen LogP contribution in [0.15, 0.2) is 18.2 Å². The number of phenolic OH excluding ortho intramolecular Hbond substituents is 1. The van der Waals surface area contributed by atoms with Gasteiger partial charge in [-0.15, -0.1) is 0 Å². The van der Waals surface area contributed by atoms with Crippen molar-refractivity contribution >= 4 is 5.69 Å². The number of aromatic hydroxyl groups is 1. The number of benzene rings is 1. The van der Waals surface area contributed by atoms with Gasteiger partial charge in [0.25, 0.3) is 0 Å². The lowest BCUT2D eigenvalue weighted by Crippen LogP contribution is -1.89. The Morgan fingerprint density at radius 3 is 2.64 bits per heavy atom. The van der Waals surface area contributed by atoms with Crippen molar-refractivity contribution in [2.45, 2.75) is 39.0 Å². The molecule has 1 aromatic rings. The number of hydrogen-bond acceptors (Lipinski definition) is 2. The van der Waals surface area contributed by atoms with Crippen LogP contribution < -0.4 is 5.73 Å². The zero-order valence-corrected chi connectivity index (χ0v) is 8.79. The van der Waals surface area contributed by atoms with E-state index < -0.39 is 0 Å². The third-order valence-corrected chi connectivity index (χ3v) is 2.41. The summed E-state index contributed by atoms with van der Waals surface area (Å²) >= 11 is 0. The second-order valence-corrected chi connectivity index (χ2v) is 3.70. The van der Waals surface area contributed by atoms with Crippen molar-refractivity contribution in [2.24, 2.45) is 0 Å². The Morgan fingerprint density at radius 2 is 2.00 bits per heavy atom. The molecule has 1 aromatic carbocycles. The van der Waals surface area contributed by atoms with Crippen molar-refractivity contribution in [2.75, 3.05) is 5.73 Å². The average Bonchev–Trinajstić information content (AvgIpc) is 2.15. The van der Waals surface area contributed by atoms with Gasteiger partial charge >= 0.3 is 0 Å². The summed E-state index contributed by atoms with van der Waals surface area (Å²) < 4.78 is 0. The highest BCUT2D eigenvalue weighted by molar-refractivity contribution is 5.47. The smallest absolute Gasteiger partial charge is 0.120 e. The number of aryl methyl sites for hydroxylation is 1. The summed E-state index contributed by atoms with van der Waals surface area (Å²) in [6, 6.07) is 5.38. The van der Waals surface area contributed by atoms with E-state index in [0.29, 0.717) is 11.4 Å². The molecule has 14 heavy (non-hydrogen) atoms. The van der Waals surface area contributed by atoms with E-state index in [-0.39, 0.29) is 0 Å². The molecular weight excluding hydrogens is 174 g/mol. The topological polar surface area (TPSA) is 46.2 Å². The van der Waals surface area contributed by atoms with Gasteiger partial charge < -0.3 is 10.8 Å². The first kappa shape index (κ1) is 10.9. The molecule has 0 aliphatic rings. The molecule has 0 aliphatic heterocycles. The lowest BCUT2D eigenvalue weighted by atomic mass is 10.1. The standard InChI is InChI=1S/C12H19NO/c1-2-3-4-5-6-10-7-8-11(13)9-12(10)14/h7-9,14H,2-6,13H2,1H3. The van der Waals surface area contributed by atoms with Crippen LogP contribution in [0.4, 0.5) is 5.69 Å². The van der Waals surface area contributed by atoms with Crippen molar-refractivity contribution in [3.05, 3.63) is 23.8 Å². The van der Waals surface area contributed by atoms with Crippen molar-refractivity contribution in [1.82, 2.24) is 0 Å². The van der Waals surface area contributed by atoms with Crippen LogP contribution in [0.25, 0.3) is 0 Å². The minimum absolute atomic E-state index is 0.335. The first-order valence-corrected chi connectivity index (χ1v) is 5.31. The summed E-state index contributed by atoms with van der Waals surface area (Å²) in [6.07, 6.45) is 5.85. The highest BCUT2D eigenvalue weighted by atomic mass is 16.3. The molecule has 0 fully saturated rings. The van der Waals surface area contributed by atoms with E-state index in [0.717, 1.165) is 18.4 Å². The van der Waals surface area contributed by atoms with Gasteiger partial charge in [0.05, 0.1) is 0 Å². The quantitative estimate of drug-likeness (QED) is 0.557. The van der Waals surface area contributed by atoms with Crippen molar-refractivity contribution in [3.63, 3.8) is 0 Å². The minimum Gasteiger partial charge on any atom is -0.508 e. The number of anilines is 1. The largest absolute Gasteiger partial charge is 0.508 e. The van der Waals surface area contributed by atoms with Crippen LogP contribution in [-0.2, 0) is 6.42 Å². The first-order chi connectivity index (χ1) is 6.74. The molecule has 3 N–H and O–H groups in total. The van der Waals surface area contributed by atoms with E-state index in [4.69, 9.17) is 5.73 Å². The Labute approximate surface area is 85.8 Å². The molecule has 0 spiro atoms. The molecule has 0 saturated carbocycles. The number of rotatable bonds is 5. The van der Waals surface area contributed by atoms with Gasteiger partial charge in [-0.2, -0.15) is 0 Å². The van der Waals surface area contributed by atoms with Crippen molar-refractivity contribution < 1.29 is 5.11 Å². The van der Waals surface area contributed by atoms with Gasteiger partial charge in [-0.3, -0.25) is 0 Å². The van der Waals surface area contributed by atoms with Crippen LogP contribution >= 0.6 is 0 Å². The summed E-state index contributed by atoms with van der Waals surface area (Å²) in [7, 11) is 0. The fourth-order valence-corrected chi connectivity index (χ4v) is 1.53. The van der Waals surface area contributed by atoms with Gasteiger partial charge in [0.1, 0.15) is 5.75 Å². The highest BCUT2D eigenvalue weighted by Crippen LogP contribution is 2.22. The molecule has 0 atom stereocenters. The number of nitrogens with two attached hydrogens (primary N) is 1. The maximum absolute atomic E-state index is 9.57. The monoisotopic (exact) mass is 193 g/mol. The molecule has 0 unspecified atom stereocenters. The molecule has 0 aromatic heterocycles. The molecule has 2 heteroatoms. The van der Waals surface area contributed by atoms with E-state index in [1.54, 1.807) is 6.07 Å². The Morgan fingerprint density at radius 1 is 1.21 bits per heavy atom. The molecule has 0 bridgehead atoms. The van der Waals surface area contributed by atoms with Crippen LogP contribution in [0.2, 0.25) is 0 Å². The number of hydrogen-bond donors (Lipinski definition) is 2. The van der Waals surface area contributed by atoms with Gasteiger partial charge in [-0.1, -0.05) is 32.3 Å². The normalized spacial score (nSPS) is 10.4. The lowest BCUT2D eigenvalue weighted by Gasteiger charge is -2.04. The van der Waals surface area contributed by atoms with Crippen molar-refractivity contribution in [3.8, 4) is 5.75 Å². The summed E-state index contributed by atoms with van der Waals surface area (Å²) in [5, 5.41) is 9.57. The van der Waals surface area contributed by atoms with Crippen LogP contribution in [0.3, 0.4) is 0 Å². The van der Waals surface area contributed by atoms with Crippen LogP contribution in [0.5, 0.6) is 5.75 Å². The lowest BCUT2D eigenvalue weighted by molar-refractivity contribution is 0.466. The van der Waals surface area contributed by atoms with E-state index in [2.05, 4.69) is 6.92 Å². The molecule has 0 radical (unpaired) electrons. The Kier molecular flexibility index (Phi) is 4.30. The summed E-state index contributed by atoms with van der Waals surface area (Å²) in [5.41, 5.74) is 7.18. The summed E-state index contributed by atoms with van der Waals surface area (Å²) in [6.45, 7) is 2.20. The zero-order chi connectivity index (χ0) is 10.4. The minimum atomic E-state index is 0.335. The van der Waals surface area contributed by atoms with E-state index in [1.165, 1.54) is 19.3 Å². The van der Waals surface area contributed by atoms with Gasteiger partial charge in [0, 0.05) is 11.8 Å². The predicted molar refractivity (Wildman–Crippen MR) is 60.4 cm³/mol. The summed E-state index contributed by atoms with van der Waals surface area (Å²) in [5.74, 6) is 0.335. The van der Waals surface area contributed by atoms with E-state index in [1.807, 2.05) is 12.1 Å². The molecule has 0 amide bonds. The SMILES string of the molecule is CCCCCCc1ccc(N)cc1O. The van der Waals surface area contributed by atoms with E-state index >= 15 is 0 Å². The number of nitrogen functional groups attached to an aromatic ring is 1. The first-order valence-electron chi connectivity index (χ1n) is 5.31. The predicted octanol–water partition coefficient (Wildman–Crippen LogP) is 3.10. The second kappa shape index (κ2) is 5.53. The summed E-state index contributed by atoms with van der Waals surface area (Å²) in [4.78, 5) is 0. The second-order valence-electron chi connectivity index (χ2n) is 3.70. The molecule has 2 nitrogen and oxygen atoms in total. The molecule has 78 valence electrons. The Bertz CT molecular complexity index is 284. The maximum Gasteiger partial charge on any atom is 0.120 e. The number of phenols is 1. The Hall–Kier alpha value is -1.18. The zero-order valence-electron chi connectivity index (χ0n) is 8.79. The highest BCUT2D eigenvalue weighted by Gasteiger charge is 2.00. The van der Waals surface area contributed by atoms with Crippen LogP contribution in [0.1, 0.15) is 38.2 Å². The maximum atomic E-state index is 9.57. The van der Waals surface area contributed by atoms with Gasteiger partial charge in [-0.05, 0) is 24.5 Å².